The maximum absolute atomic E-state index is 11.9. The molecule has 9 nitrogen and oxygen atoms in total. The Hall–Kier alpha value is -1.68. The summed E-state index contributed by atoms with van der Waals surface area (Å²) >= 11 is 0. The highest BCUT2D eigenvalue weighted by Crippen LogP contribution is 2.20. The molecule has 1 atom stereocenters. The Morgan fingerprint density at radius 3 is 2.68 bits per heavy atom. The van der Waals surface area contributed by atoms with E-state index in [-0.39, 0.29) is 6.04 Å². The lowest BCUT2D eigenvalue weighted by Crippen LogP contribution is -2.46. The van der Waals surface area contributed by atoms with Gasteiger partial charge in [0.2, 0.25) is 10.0 Å². The molecule has 2 aliphatic rings. The Morgan fingerprint density at radius 1 is 1.32 bits per heavy atom. The zero-order valence-corrected chi connectivity index (χ0v) is 15.9. The Balaban J connectivity index is 1.62. The smallest absolute Gasteiger partial charge is 0.211 e. The van der Waals surface area contributed by atoms with Crippen molar-refractivity contribution in [3.63, 3.8) is 0 Å². The number of aromatic nitrogens is 3. The fraction of sp³-hybridized carbons (Fsp3) is 0.800. The summed E-state index contributed by atoms with van der Waals surface area (Å²) in [5, 5.41) is 14.9. The van der Waals surface area contributed by atoms with Gasteiger partial charge in [-0.05, 0) is 32.6 Å². The van der Waals surface area contributed by atoms with Crippen LogP contribution >= 0.6 is 0 Å². The monoisotopic (exact) mass is 369 g/mol. The number of nitrogens with one attached hydrogen (secondary N) is 2. The molecule has 2 N–H and O–H groups in total. The fourth-order valence-electron chi connectivity index (χ4n) is 2.98. The minimum atomic E-state index is -3.16. The second-order valence-corrected chi connectivity index (χ2v) is 8.79. The largest absolute Gasteiger partial charge is 0.355 e. The van der Waals surface area contributed by atoms with E-state index in [1.807, 2.05) is 18.5 Å². The van der Waals surface area contributed by atoms with Crippen molar-refractivity contribution in [1.29, 1.82) is 0 Å². The highest BCUT2D eigenvalue weighted by Gasteiger charge is 2.31. The van der Waals surface area contributed by atoms with Crippen molar-refractivity contribution >= 4 is 16.0 Å². The van der Waals surface area contributed by atoms with Crippen molar-refractivity contribution in [2.24, 2.45) is 12.0 Å². The van der Waals surface area contributed by atoms with Crippen LogP contribution in [0.5, 0.6) is 0 Å². The van der Waals surface area contributed by atoms with Crippen LogP contribution in [-0.4, -0.2) is 64.9 Å². The summed E-state index contributed by atoms with van der Waals surface area (Å²) in [6, 6.07) is 0.445. The molecule has 0 unspecified atom stereocenters. The SMILES string of the molecule is Cc1nnc(CN=C(NC[C@H]2CCCN2S(C)(=O)=O)NC2CC2)n1C. The van der Waals surface area contributed by atoms with Crippen molar-refractivity contribution in [2.45, 2.75) is 51.2 Å². The molecule has 2 fully saturated rings. The van der Waals surface area contributed by atoms with Gasteiger partial charge in [-0.3, -0.25) is 0 Å². The minimum absolute atomic E-state index is 0.0155. The maximum atomic E-state index is 11.9. The molecule has 140 valence electrons. The minimum Gasteiger partial charge on any atom is -0.355 e. The van der Waals surface area contributed by atoms with Crippen LogP contribution in [0.15, 0.2) is 4.99 Å². The first kappa shape index (κ1) is 18.1. The highest BCUT2D eigenvalue weighted by molar-refractivity contribution is 7.88. The van der Waals surface area contributed by atoms with Gasteiger partial charge in [0.1, 0.15) is 12.4 Å². The molecule has 0 amide bonds. The van der Waals surface area contributed by atoms with Crippen LogP contribution in [-0.2, 0) is 23.6 Å². The van der Waals surface area contributed by atoms with E-state index in [0.717, 1.165) is 37.3 Å². The van der Waals surface area contributed by atoms with Gasteiger partial charge < -0.3 is 15.2 Å². The van der Waals surface area contributed by atoms with E-state index >= 15 is 0 Å². The molecule has 25 heavy (non-hydrogen) atoms. The molecule has 1 saturated heterocycles. The molecule has 0 aromatic carbocycles. The van der Waals surface area contributed by atoms with E-state index in [1.165, 1.54) is 6.26 Å². The van der Waals surface area contributed by atoms with Gasteiger partial charge in [-0.25, -0.2) is 13.4 Å². The second-order valence-electron chi connectivity index (χ2n) is 6.86. The van der Waals surface area contributed by atoms with Gasteiger partial charge in [-0.2, -0.15) is 4.31 Å². The molecule has 1 saturated carbocycles. The maximum Gasteiger partial charge on any atom is 0.211 e. The summed E-state index contributed by atoms with van der Waals surface area (Å²) in [4.78, 5) is 4.60. The third kappa shape index (κ3) is 4.69. The first-order valence-electron chi connectivity index (χ1n) is 8.71. The number of aliphatic imine (C=N–C) groups is 1. The number of guanidine groups is 1. The van der Waals surface area contributed by atoms with Gasteiger partial charge in [0.05, 0.1) is 6.26 Å². The summed E-state index contributed by atoms with van der Waals surface area (Å²) in [5.74, 6) is 2.36. The van der Waals surface area contributed by atoms with Crippen LogP contribution in [0.4, 0.5) is 0 Å². The van der Waals surface area contributed by atoms with E-state index in [9.17, 15) is 8.42 Å². The lowest BCUT2D eigenvalue weighted by atomic mass is 10.2. The van der Waals surface area contributed by atoms with E-state index in [4.69, 9.17) is 0 Å². The summed E-state index contributed by atoms with van der Waals surface area (Å²) < 4.78 is 27.2. The normalized spacial score (nSPS) is 22.4. The van der Waals surface area contributed by atoms with Crippen LogP contribution in [0, 0.1) is 6.92 Å². The average molecular weight is 369 g/mol. The zero-order chi connectivity index (χ0) is 18.0. The summed E-state index contributed by atoms with van der Waals surface area (Å²) in [6.07, 6.45) is 5.34. The molecular weight excluding hydrogens is 342 g/mol. The summed E-state index contributed by atoms with van der Waals surface area (Å²) in [5.41, 5.74) is 0. The average Bonchev–Trinajstić information content (AvgIpc) is 3.12. The molecule has 2 heterocycles. The fourth-order valence-corrected chi connectivity index (χ4v) is 4.16. The third-order valence-electron chi connectivity index (χ3n) is 4.73. The Labute approximate surface area is 149 Å². The van der Waals surface area contributed by atoms with Crippen LogP contribution in [0.2, 0.25) is 0 Å². The van der Waals surface area contributed by atoms with Gasteiger partial charge in [-0.15, -0.1) is 10.2 Å². The molecule has 3 rings (SSSR count). The van der Waals surface area contributed by atoms with Gasteiger partial charge in [-0.1, -0.05) is 0 Å². The molecule has 0 radical (unpaired) electrons. The third-order valence-corrected chi connectivity index (χ3v) is 6.07. The number of nitrogens with zero attached hydrogens (tertiary/aromatic N) is 5. The highest BCUT2D eigenvalue weighted by atomic mass is 32.2. The van der Waals surface area contributed by atoms with E-state index in [2.05, 4.69) is 25.8 Å². The Morgan fingerprint density at radius 2 is 2.08 bits per heavy atom. The van der Waals surface area contributed by atoms with Crippen LogP contribution in [0.25, 0.3) is 0 Å². The number of rotatable bonds is 6. The lowest BCUT2D eigenvalue weighted by molar-refractivity contribution is 0.387. The molecular formula is C15H27N7O2S. The van der Waals surface area contributed by atoms with E-state index in [0.29, 0.717) is 31.6 Å². The molecule has 10 heteroatoms. The van der Waals surface area contributed by atoms with Crippen molar-refractivity contribution in [3.05, 3.63) is 11.6 Å². The molecule has 1 aromatic heterocycles. The van der Waals surface area contributed by atoms with Crippen LogP contribution < -0.4 is 10.6 Å². The summed E-state index contributed by atoms with van der Waals surface area (Å²) in [6.45, 7) is 3.50. The van der Waals surface area contributed by atoms with Crippen molar-refractivity contribution < 1.29 is 8.42 Å². The van der Waals surface area contributed by atoms with E-state index in [1.54, 1.807) is 4.31 Å². The van der Waals surface area contributed by atoms with Crippen LogP contribution in [0.3, 0.4) is 0 Å². The van der Waals surface area contributed by atoms with Crippen molar-refractivity contribution in [1.82, 2.24) is 29.7 Å². The molecule has 0 spiro atoms. The standard InChI is InChI=1S/C15H27N7O2S/c1-11-19-20-14(21(11)2)10-17-15(18-12-6-7-12)16-9-13-5-4-8-22(13)25(3,23)24/h12-13H,4-10H2,1-3H3,(H2,16,17,18)/t13-/m1/s1. The Kier molecular flexibility index (Phi) is 5.28. The number of hydrogen-bond donors (Lipinski definition) is 2. The van der Waals surface area contributed by atoms with Gasteiger partial charge >= 0.3 is 0 Å². The quantitative estimate of drug-likeness (QED) is 0.529. The predicted molar refractivity (Wildman–Crippen MR) is 95.6 cm³/mol. The molecule has 0 bridgehead atoms. The molecule has 1 aliphatic heterocycles. The first-order chi connectivity index (χ1) is 11.8. The first-order valence-corrected chi connectivity index (χ1v) is 10.6. The Bertz CT molecular complexity index is 739. The van der Waals surface area contributed by atoms with Crippen molar-refractivity contribution in [2.75, 3.05) is 19.3 Å². The second kappa shape index (κ2) is 7.28. The number of aryl methyl sites for hydroxylation is 1. The van der Waals surface area contributed by atoms with Gasteiger partial charge in [0.15, 0.2) is 11.8 Å². The van der Waals surface area contributed by atoms with E-state index < -0.39 is 10.0 Å². The number of hydrogen-bond acceptors (Lipinski definition) is 5. The number of sulfonamides is 1. The summed E-state index contributed by atoms with van der Waals surface area (Å²) in [7, 11) is -1.24. The predicted octanol–water partition coefficient (Wildman–Crippen LogP) is -0.255. The van der Waals surface area contributed by atoms with Crippen LogP contribution in [0.1, 0.15) is 37.3 Å². The topological polar surface area (TPSA) is 105 Å². The molecule has 1 aromatic rings. The van der Waals surface area contributed by atoms with Gasteiger partial charge in [0.25, 0.3) is 0 Å². The lowest BCUT2D eigenvalue weighted by Gasteiger charge is -2.23. The van der Waals surface area contributed by atoms with Gasteiger partial charge in [0, 0.05) is 32.2 Å². The zero-order valence-electron chi connectivity index (χ0n) is 15.1. The molecule has 1 aliphatic carbocycles. The van der Waals surface area contributed by atoms with Crippen molar-refractivity contribution in [3.8, 4) is 0 Å².